The van der Waals surface area contributed by atoms with Crippen LogP contribution in [0.2, 0.25) is 0 Å². The van der Waals surface area contributed by atoms with E-state index in [1.54, 1.807) is 18.3 Å². The van der Waals surface area contributed by atoms with Crippen LogP contribution in [0.5, 0.6) is 0 Å². The van der Waals surface area contributed by atoms with Crippen molar-refractivity contribution in [3.8, 4) is 0 Å². The average Bonchev–Trinajstić information content (AvgIpc) is 2.51. The molecule has 3 N–H and O–H groups in total. The summed E-state index contributed by atoms with van der Waals surface area (Å²) in [6, 6.07) is 4.77. The Morgan fingerprint density at radius 3 is 2.67 bits per heavy atom. The van der Waals surface area contributed by atoms with Crippen LogP contribution in [-0.2, 0) is 14.8 Å². The number of rotatable bonds is 5. The lowest BCUT2D eigenvalue weighted by Crippen LogP contribution is -2.35. The molecule has 0 saturated heterocycles. The van der Waals surface area contributed by atoms with Crippen molar-refractivity contribution < 1.29 is 13.2 Å². The fraction of sp³-hybridized carbons (Fsp3) is 0.214. The molecule has 10 heteroatoms. The second kappa shape index (κ2) is 7.24. The molecule has 0 bridgehead atoms. The number of hydrogen-bond acceptors (Lipinski definition) is 6. The van der Waals surface area contributed by atoms with Crippen LogP contribution in [0.15, 0.2) is 40.0 Å². The molecular weight excluding hydrogens is 398 g/mol. The highest BCUT2D eigenvalue weighted by atomic mass is 79.9. The molecular formula is C14H16BrN5O3S. The number of anilines is 2. The summed E-state index contributed by atoms with van der Waals surface area (Å²) in [5, 5.41) is 2.54. The van der Waals surface area contributed by atoms with Gasteiger partial charge in [-0.05, 0) is 40.5 Å². The first-order valence-corrected chi connectivity index (χ1v) is 9.03. The smallest absolute Gasteiger partial charge is 0.246 e. The molecule has 1 amide bonds. The van der Waals surface area contributed by atoms with E-state index in [0.717, 1.165) is 9.87 Å². The molecule has 0 aliphatic rings. The Morgan fingerprint density at radius 1 is 1.33 bits per heavy atom. The van der Waals surface area contributed by atoms with E-state index in [1.807, 2.05) is 6.92 Å². The maximum Gasteiger partial charge on any atom is 0.246 e. The molecule has 128 valence electrons. The summed E-state index contributed by atoms with van der Waals surface area (Å²) >= 11 is 3.15. The second-order valence-electron chi connectivity index (χ2n) is 5.07. The van der Waals surface area contributed by atoms with Gasteiger partial charge in [-0.3, -0.25) is 4.79 Å². The van der Waals surface area contributed by atoms with Crippen molar-refractivity contribution in [3.05, 3.63) is 40.6 Å². The number of likely N-dealkylation sites (N-methyl/N-ethyl adjacent to an activating group) is 1. The largest absolute Gasteiger partial charge is 0.383 e. The van der Waals surface area contributed by atoms with Crippen molar-refractivity contribution in [2.24, 2.45) is 0 Å². The molecule has 2 aromatic rings. The zero-order valence-electron chi connectivity index (χ0n) is 13.0. The highest BCUT2D eigenvalue weighted by molar-refractivity contribution is 9.10. The molecule has 24 heavy (non-hydrogen) atoms. The Balaban J connectivity index is 2.12. The summed E-state index contributed by atoms with van der Waals surface area (Å²) < 4.78 is 26.4. The monoisotopic (exact) mass is 413 g/mol. The fourth-order valence-corrected chi connectivity index (χ4v) is 3.52. The van der Waals surface area contributed by atoms with E-state index in [1.165, 1.54) is 19.3 Å². The number of halogens is 1. The molecule has 0 aliphatic carbocycles. The number of aromatic nitrogens is 2. The predicted octanol–water partition coefficient (Wildman–Crippen LogP) is 1.39. The number of nitrogen functional groups attached to an aromatic ring is 1. The number of carbonyl (C=O) groups is 1. The lowest BCUT2D eigenvalue weighted by molar-refractivity contribution is -0.116. The molecule has 0 saturated carbocycles. The molecule has 0 atom stereocenters. The number of aryl methyl sites for hydroxylation is 1. The summed E-state index contributed by atoms with van der Waals surface area (Å²) in [7, 11) is -2.66. The fourth-order valence-electron chi connectivity index (χ4n) is 1.82. The van der Waals surface area contributed by atoms with Crippen LogP contribution >= 0.6 is 15.9 Å². The van der Waals surface area contributed by atoms with Gasteiger partial charge in [0.2, 0.25) is 15.9 Å². The quantitative estimate of drug-likeness (QED) is 0.764. The van der Waals surface area contributed by atoms with Gasteiger partial charge in [-0.15, -0.1) is 0 Å². The topological polar surface area (TPSA) is 118 Å². The number of nitrogens with zero attached hydrogens (tertiary/aromatic N) is 3. The van der Waals surface area contributed by atoms with Crippen LogP contribution in [-0.4, -0.2) is 42.2 Å². The average molecular weight is 414 g/mol. The zero-order valence-corrected chi connectivity index (χ0v) is 15.4. The summed E-state index contributed by atoms with van der Waals surface area (Å²) in [4.78, 5) is 19.7. The van der Waals surface area contributed by atoms with Crippen LogP contribution < -0.4 is 11.1 Å². The van der Waals surface area contributed by atoms with Gasteiger partial charge >= 0.3 is 0 Å². The Hall–Kier alpha value is -2.04. The highest BCUT2D eigenvalue weighted by Gasteiger charge is 2.26. The van der Waals surface area contributed by atoms with Gasteiger partial charge in [0, 0.05) is 23.9 Å². The number of nitrogens with two attached hydrogens (primary N) is 1. The Morgan fingerprint density at radius 2 is 2.04 bits per heavy atom. The minimum atomic E-state index is -3.95. The van der Waals surface area contributed by atoms with E-state index in [4.69, 9.17) is 5.73 Å². The van der Waals surface area contributed by atoms with E-state index in [2.05, 4.69) is 31.2 Å². The van der Waals surface area contributed by atoms with E-state index >= 15 is 0 Å². The van der Waals surface area contributed by atoms with Crippen LogP contribution in [0.3, 0.4) is 0 Å². The maximum atomic E-state index is 12.5. The van der Waals surface area contributed by atoms with Gasteiger partial charge in [0.25, 0.3) is 0 Å². The van der Waals surface area contributed by atoms with Crippen molar-refractivity contribution in [1.29, 1.82) is 0 Å². The van der Waals surface area contributed by atoms with Gasteiger partial charge < -0.3 is 11.1 Å². The third kappa shape index (κ3) is 4.28. The molecule has 0 fully saturated rings. The summed E-state index contributed by atoms with van der Waals surface area (Å²) in [6.45, 7) is 1.49. The molecule has 8 nitrogen and oxygen atoms in total. The third-order valence-electron chi connectivity index (χ3n) is 3.08. The van der Waals surface area contributed by atoms with Crippen molar-refractivity contribution in [1.82, 2.24) is 14.3 Å². The van der Waals surface area contributed by atoms with Gasteiger partial charge in [0.15, 0.2) is 0 Å². The molecule has 0 radical (unpaired) electrons. The minimum absolute atomic E-state index is 0.134. The zero-order chi connectivity index (χ0) is 17.9. The van der Waals surface area contributed by atoms with Gasteiger partial charge in [0.1, 0.15) is 16.5 Å². The lowest BCUT2D eigenvalue weighted by atomic mass is 10.3. The number of nitrogens with one attached hydrogen (secondary N) is 1. The third-order valence-corrected chi connectivity index (χ3v) is 5.35. The number of amides is 1. The van der Waals surface area contributed by atoms with E-state index in [9.17, 15) is 13.2 Å². The molecule has 2 heterocycles. The number of pyridine rings is 2. The Kier molecular flexibility index (Phi) is 5.52. The van der Waals surface area contributed by atoms with Crippen LogP contribution in [0, 0.1) is 6.92 Å². The first kappa shape index (κ1) is 18.3. The summed E-state index contributed by atoms with van der Waals surface area (Å²) in [5.74, 6) is -0.301. The standard InChI is InChI=1S/C14H16BrN5O3S/c1-9-3-4-12(17-6-9)19-13(21)8-20(2)24(22,23)11-5-10(15)7-18-14(11)16/h3-7H,8H2,1-2H3,(H2,16,18)(H,17,19,21). The Bertz CT molecular complexity index is 855. The van der Waals surface area contributed by atoms with Crippen molar-refractivity contribution in [2.45, 2.75) is 11.8 Å². The highest BCUT2D eigenvalue weighted by Crippen LogP contribution is 2.23. The second-order valence-corrected chi connectivity index (χ2v) is 8.00. The molecule has 2 rings (SSSR count). The lowest BCUT2D eigenvalue weighted by Gasteiger charge is -2.17. The predicted molar refractivity (Wildman–Crippen MR) is 93.8 cm³/mol. The van der Waals surface area contributed by atoms with Crippen LogP contribution in [0.25, 0.3) is 0 Å². The normalized spacial score (nSPS) is 11.5. The molecule has 0 aliphatic heterocycles. The summed E-state index contributed by atoms with van der Waals surface area (Å²) in [6.07, 6.45) is 2.99. The SMILES string of the molecule is Cc1ccc(NC(=O)CN(C)S(=O)(=O)c2cc(Br)cnc2N)nc1. The molecule has 0 unspecified atom stereocenters. The molecule has 2 aromatic heterocycles. The van der Waals surface area contributed by atoms with E-state index in [0.29, 0.717) is 10.3 Å². The van der Waals surface area contributed by atoms with Crippen LogP contribution in [0.1, 0.15) is 5.56 Å². The van der Waals surface area contributed by atoms with E-state index in [-0.39, 0.29) is 17.3 Å². The van der Waals surface area contributed by atoms with Gasteiger partial charge in [-0.25, -0.2) is 18.4 Å². The van der Waals surface area contributed by atoms with Crippen molar-refractivity contribution >= 4 is 43.5 Å². The van der Waals surface area contributed by atoms with Crippen molar-refractivity contribution in [2.75, 3.05) is 24.6 Å². The Labute approximate surface area is 148 Å². The van der Waals surface area contributed by atoms with Crippen molar-refractivity contribution in [3.63, 3.8) is 0 Å². The number of sulfonamides is 1. The van der Waals surface area contributed by atoms with Crippen LogP contribution in [0.4, 0.5) is 11.6 Å². The van der Waals surface area contributed by atoms with Gasteiger partial charge in [0.05, 0.1) is 6.54 Å². The molecule has 0 aromatic carbocycles. The maximum absolute atomic E-state index is 12.5. The number of hydrogen-bond donors (Lipinski definition) is 2. The number of carbonyl (C=O) groups excluding carboxylic acids is 1. The first-order chi connectivity index (χ1) is 11.2. The van der Waals surface area contributed by atoms with Gasteiger partial charge in [-0.2, -0.15) is 4.31 Å². The van der Waals surface area contributed by atoms with E-state index < -0.39 is 15.9 Å². The summed E-state index contributed by atoms with van der Waals surface area (Å²) in [5.41, 5.74) is 6.58. The minimum Gasteiger partial charge on any atom is -0.383 e. The van der Waals surface area contributed by atoms with Gasteiger partial charge in [-0.1, -0.05) is 6.07 Å². The first-order valence-electron chi connectivity index (χ1n) is 6.80. The molecule has 0 spiro atoms.